The van der Waals surface area contributed by atoms with Crippen molar-refractivity contribution in [3.8, 4) is 0 Å². The highest BCUT2D eigenvalue weighted by molar-refractivity contribution is 7.89. The van der Waals surface area contributed by atoms with Crippen molar-refractivity contribution in [3.63, 3.8) is 0 Å². The van der Waals surface area contributed by atoms with Crippen LogP contribution in [0.3, 0.4) is 0 Å². The number of carbonyl (C=O) groups excluding carboxylic acids is 1. The molecule has 0 saturated carbocycles. The van der Waals surface area contributed by atoms with Crippen LogP contribution in [0.5, 0.6) is 0 Å². The van der Waals surface area contributed by atoms with Crippen LogP contribution in [0.2, 0.25) is 0 Å². The van der Waals surface area contributed by atoms with Gasteiger partial charge in [0.2, 0.25) is 15.9 Å². The number of amides is 1. The van der Waals surface area contributed by atoms with Gasteiger partial charge < -0.3 is 11.1 Å². The van der Waals surface area contributed by atoms with Crippen molar-refractivity contribution in [1.29, 1.82) is 0 Å². The van der Waals surface area contributed by atoms with E-state index in [-0.39, 0.29) is 24.1 Å². The average Bonchev–Trinajstić information content (AvgIpc) is 2.25. The molecule has 0 bridgehead atoms. The van der Waals surface area contributed by atoms with Gasteiger partial charge >= 0.3 is 0 Å². The van der Waals surface area contributed by atoms with Crippen LogP contribution in [0.25, 0.3) is 0 Å². The summed E-state index contributed by atoms with van der Waals surface area (Å²) >= 11 is 0. The average molecular weight is 265 g/mol. The number of hydrogen-bond donors (Lipinski definition) is 3. The quantitative estimate of drug-likeness (QED) is 0.519. The fraction of sp³-hybridized carbons (Fsp3) is 0.900. The highest BCUT2D eigenvalue weighted by Crippen LogP contribution is 2.03. The van der Waals surface area contributed by atoms with E-state index in [1.54, 1.807) is 6.92 Å². The van der Waals surface area contributed by atoms with Gasteiger partial charge in [0.15, 0.2) is 0 Å². The Morgan fingerprint density at radius 3 is 2.59 bits per heavy atom. The molecule has 0 fully saturated rings. The molecule has 1 amide bonds. The molecule has 17 heavy (non-hydrogen) atoms. The SMILES string of the molecule is CCNS(=O)(=O)CCNC(=O)C(C)CCCN. The van der Waals surface area contributed by atoms with Crippen LogP contribution in [0, 0.1) is 5.92 Å². The van der Waals surface area contributed by atoms with Gasteiger partial charge in [0, 0.05) is 19.0 Å². The van der Waals surface area contributed by atoms with Crippen LogP contribution in [-0.4, -0.2) is 39.7 Å². The number of hydrogen-bond acceptors (Lipinski definition) is 4. The standard InChI is InChI=1S/C10H23N3O3S/c1-3-13-17(15,16)8-7-12-10(14)9(2)5-4-6-11/h9,13H,3-8,11H2,1-2H3,(H,12,14). The van der Waals surface area contributed by atoms with Crippen molar-refractivity contribution in [1.82, 2.24) is 10.0 Å². The molecule has 6 nitrogen and oxygen atoms in total. The number of carbonyl (C=O) groups is 1. The van der Waals surface area contributed by atoms with E-state index in [4.69, 9.17) is 5.73 Å². The summed E-state index contributed by atoms with van der Waals surface area (Å²) < 4.78 is 24.9. The number of sulfonamides is 1. The Bertz CT molecular complexity index is 317. The minimum Gasteiger partial charge on any atom is -0.355 e. The zero-order chi connectivity index (χ0) is 13.3. The van der Waals surface area contributed by atoms with Gasteiger partial charge in [-0.3, -0.25) is 4.79 Å². The van der Waals surface area contributed by atoms with Gasteiger partial charge in [0.05, 0.1) is 5.75 Å². The first-order chi connectivity index (χ1) is 7.93. The van der Waals surface area contributed by atoms with Gasteiger partial charge in [-0.05, 0) is 19.4 Å². The molecule has 1 unspecified atom stereocenters. The predicted molar refractivity (Wildman–Crippen MR) is 67.9 cm³/mol. The van der Waals surface area contributed by atoms with Gasteiger partial charge in [-0.15, -0.1) is 0 Å². The molecular weight excluding hydrogens is 242 g/mol. The lowest BCUT2D eigenvalue weighted by Crippen LogP contribution is -2.36. The molecule has 102 valence electrons. The fourth-order valence-electron chi connectivity index (χ4n) is 1.33. The number of rotatable bonds is 9. The van der Waals surface area contributed by atoms with Crippen LogP contribution in [0.4, 0.5) is 0 Å². The summed E-state index contributed by atoms with van der Waals surface area (Å²) in [6.07, 6.45) is 1.52. The van der Waals surface area contributed by atoms with Crippen molar-refractivity contribution < 1.29 is 13.2 Å². The minimum absolute atomic E-state index is 0.0871. The topological polar surface area (TPSA) is 101 Å². The largest absolute Gasteiger partial charge is 0.355 e. The second-order valence-corrected chi connectivity index (χ2v) is 5.87. The molecule has 0 rings (SSSR count). The predicted octanol–water partition coefficient (Wildman–Crippen LogP) is -0.583. The van der Waals surface area contributed by atoms with Crippen molar-refractivity contribution in [2.45, 2.75) is 26.7 Å². The second-order valence-electron chi connectivity index (χ2n) is 3.94. The Morgan fingerprint density at radius 2 is 2.06 bits per heavy atom. The lowest BCUT2D eigenvalue weighted by atomic mass is 10.1. The maximum atomic E-state index is 11.5. The molecule has 0 radical (unpaired) electrons. The Kier molecular flexibility index (Phi) is 8.11. The van der Waals surface area contributed by atoms with Crippen LogP contribution in [0.15, 0.2) is 0 Å². The summed E-state index contributed by atoms with van der Waals surface area (Å²) in [6, 6.07) is 0. The van der Waals surface area contributed by atoms with Gasteiger partial charge in [-0.2, -0.15) is 0 Å². The maximum absolute atomic E-state index is 11.5. The third kappa shape index (κ3) is 8.12. The Balaban J connectivity index is 3.85. The Hall–Kier alpha value is -0.660. The smallest absolute Gasteiger partial charge is 0.222 e. The third-order valence-corrected chi connectivity index (χ3v) is 3.79. The van der Waals surface area contributed by atoms with Gasteiger partial charge in [-0.25, -0.2) is 13.1 Å². The minimum atomic E-state index is -3.25. The molecular formula is C10H23N3O3S. The summed E-state index contributed by atoms with van der Waals surface area (Å²) in [5, 5.41) is 2.61. The van der Waals surface area contributed by atoms with Gasteiger partial charge in [-0.1, -0.05) is 13.8 Å². The molecule has 0 saturated heterocycles. The lowest BCUT2D eigenvalue weighted by molar-refractivity contribution is -0.124. The highest BCUT2D eigenvalue weighted by atomic mass is 32.2. The number of nitrogens with two attached hydrogens (primary N) is 1. The van der Waals surface area contributed by atoms with E-state index < -0.39 is 10.0 Å². The monoisotopic (exact) mass is 265 g/mol. The maximum Gasteiger partial charge on any atom is 0.222 e. The molecule has 0 aromatic carbocycles. The van der Waals surface area contributed by atoms with Crippen LogP contribution in [0.1, 0.15) is 26.7 Å². The van der Waals surface area contributed by atoms with E-state index >= 15 is 0 Å². The van der Waals surface area contributed by atoms with Gasteiger partial charge in [0.1, 0.15) is 0 Å². The molecule has 0 aromatic rings. The lowest BCUT2D eigenvalue weighted by Gasteiger charge is -2.11. The van der Waals surface area contributed by atoms with Crippen molar-refractivity contribution >= 4 is 15.9 Å². The summed E-state index contributed by atoms with van der Waals surface area (Å²) in [7, 11) is -3.25. The molecule has 0 aliphatic rings. The first-order valence-corrected chi connectivity index (χ1v) is 7.53. The third-order valence-electron chi connectivity index (χ3n) is 2.32. The molecule has 0 aliphatic heterocycles. The van der Waals surface area contributed by atoms with E-state index in [0.717, 1.165) is 12.8 Å². The molecule has 0 heterocycles. The van der Waals surface area contributed by atoms with Crippen molar-refractivity contribution in [2.75, 3.05) is 25.4 Å². The van der Waals surface area contributed by atoms with E-state index in [0.29, 0.717) is 13.1 Å². The summed E-state index contributed by atoms with van der Waals surface area (Å²) in [5.41, 5.74) is 5.35. The van der Waals surface area contributed by atoms with Crippen molar-refractivity contribution in [2.24, 2.45) is 11.7 Å². The Labute approximate surface area is 103 Å². The highest BCUT2D eigenvalue weighted by Gasteiger charge is 2.13. The van der Waals surface area contributed by atoms with E-state index in [9.17, 15) is 13.2 Å². The van der Waals surface area contributed by atoms with E-state index in [1.807, 2.05) is 6.92 Å². The van der Waals surface area contributed by atoms with Crippen LogP contribution in [-0.2, 0) is 14.8 Å². The first kappa shape index (κ1) is 16.3. The molecule has 0 spiro atoms. The summed E-state index contributed by atoms with van der Waals surface area (Å²) in [6.45, 7) is 4.59. The zero-order valence-electron chi connectivity index (χ0n) is 10.5. The molecule has 7 heteroatoms. The first-order valence-electron chi connectivity index (χ1n) is 5.88. The molecule has 0 aromatic heterocycles. The summed E-state index contributed by atoms with van der Waals surface area (Å²) in [4.78, 5) is 11.5. The Morgan fingerprint density at radius 1 is 1.41 bits per heavy atom. The zero-order valence-corrected chi connectivity index (χ0v) is 11.3. The summed E-state index contributed by atoms with van der Waals surface area (Å²) in [5.74, 6) is -0.332. The number of nitrogens with one attached hydrogen (secondary N) is 2. The van der Waals surface area contributed by atoms with Crippen LogP contribution < -0.4 is 15.8 Å². The molecule has 1 atom stereocenters. The van der Waals surface area contributed by atoms with Crippen molar-refractivity contribution in [3.05, 3.63) is 0 Å². The van der Waals surface area contributed by atoms with Gasteiger partial charge in [0.25, 0.3) is 0 Å². The van der Waals surface area contributed by atoms with E-state index in [1.165, 1.54) is 0 Å². The molecule has 4 N–H and O–H groups in total. The second kappa shape index (κ2) is 8.43. The normalized spacial score (nSPS) is 13.4. The van der Waals surface area contributed by atoms with E-state index in [2.05, 4.69) is 10.0 Å². The molecule has 0 aliphatic carbocycles. The fourth-order valence-corrected chi connectivity index (χ4v) is 2.28. The van der Waals surface area contributed by atoms with Crippen LogP contribution >= 0.6 is 0 Å².